The zero-order valence-electron chi connectivity index (χ0n) is 13.7. The molecule has 0 bridgehead atoms. The summed E-state index contributed by atoms with van der Waals surface area (Å²) < 4.78 is 44.9. The number of rotatable bonds is 5. The summed E-state index contributed by atoms with van der Waals surface area (Å²) in [6.45, 7) is 3.04. The SMILES string of the molecule is Cc1c(C(Cc2ccc(F)c(F)c2)OP(C)(=O)O)sc2ccccc12. The number of thiophene rings is 1. The van der Waals surface area contributed by atoms with Crippen LogP contribution in [0.25, 0.3) is 10.1 Å². The number of aryl methyl sites for hydroxylation is 1. The van der Waals surface area contributed by atoms with Crippen molar-refractivity contribution in [3.63, 3.8) is 0 Å². The van der Waals surface area contributed by atoms with Gasteiger partial charge < -0.3 is 4.89 Å². The van der Waals surface area contributed by atoms with E-state index >= 15 is 0 Å². The van der Waals surface area contributed by atoms with Gasteiger partial charge in [0.15, 0.2) is 11.6 Å². The molecular weight excluding hydrogens is 365 g/mol. The molecule has 0 spiro atoms. The Labute approximate surface area is 148 Å². The summed E-state index contributed by atoms with van der Waals surface area (Å²) in [5.41, 5.74) is 1.45. The Morgan fingerprint density at radius 2 is 1.92 bits per heavy atom. The number of hydrogen-bond donors (Lipinski definition) is 1. The highest BCUT2D eigenvalue weighted by atomic mass is 32.1. The van der Waals surface area contributed by atoms with E-state index in [1.807, 2.05) is 31.2 Å². The lowest BCUT2D eigenvalue weighted by Gasteiger charge is -2.19. The van der Waals surface area contributed by atoms with E-state index in [0.29, 0.717) is 5.56 Å². The van der Waals surface area contributed by atoms with Crippen molar-refractivity contribution in [1.29, 1.82) is 0 Å². The van der Waals surface area contributed by atoms with Crippen LogP contribution >= 0.6 is 18.9 Å². The smallest absolute Gasteiger partial charge is 0.324 e. The van der Waals surface area contributed by atoms with Gasteiger partial charge in [0.05, 0.1) is 0 Å². The van der Waals surface area contributed by atoms with Gasteiger partial charge in [0, 0.05) is 22.7 Å². The van der Waals surface area contributed by atoms with E-state index in [0.717, 1.165) is 39.3 Å². The minimum atomic E-state index is -3.77. The molecule has 3 nitrogen and oxygen atoms in total. The standard InChI is InChI=1S/C18H17F2O3PS/c1-11-13-5-3-4-6-17(13)25-18(11)16(23-24(2,21)22)10-12-7-8-14(19)15(20)9-12/h3-9,16H,10H2,1-2H3,(H,21,22). The molecule has 3 aromatic rings. The Morgan fingerprint density at radius 3 is 2.56 bits per heavy atom. The lowest BCUT2D eigenvalue weighted by atomic mass is 10.0. The van der Waals surface area contributed by atoms with Crippen LogP contribution in [0.5, 0.6) is 0 Å². The van der Waals surface area contributed by atoms with Crippen molar-refractivity contribution < 1.29 is 22.8 Å². The monoisotopic (exact) mass is 382 g/mol. The van der Waals surface area contributed by atoms with Crippen LogP contribution in [0, 0.1) is 18.6 Å². The molecule has 2 aromatic carbocycles. The Morgan fingerprint density at radius 1 is 1.20 bits per heavy atom. The number of halogens is 2. The predicted molar refractivity (Wildman–Crippen MR) is 96.2 cm³/mol. The van der Waals surface area contributed by atoms with Gasteiger partial charge in [0.2, 0.25) is 0 Å². The second-order valence-electron chi connectivity index (χ2n) is 5.94. The first-order valence-corrected chi connectivity index (χ1v) is 10.5. The molecule has 1 heterocycles. The number of hydrogen-bond acceptors (Lipinski definition) is 3. The van der Waals surface area contributed by atoms with Crippen LogP contribution in [-0.4, -0.2) is 11.6 Å². The maximum atomic E-state index is 13.5. The van der Waals surface area contributed by atoms with Crippen LogP contribution in [0.1, 0.15) is 22.1 Å². The zero-order chi connectivity index (χ0) is 18.2. The number of benzene rings is 2. The summed E-state index contributed by atoms with van der Waals surface area (Å²) in [7, 11) is -3.77. The van der Waals surface area contributed by atoms with Crippen molar-refractivity contribution in [2.45, 2.75) is 19.4 Å². The van der Waals surface area contributed by atoms with Crippen molar-refractivity contribution in [3.8, 4) is 0 Å². The van der Waals surface area contributed by atoms with Gasteiger partial charge in [0.1, 0.15) is 6.10 Å². The average molecular weight is 382 g/mol. The summed E-state index contributed by atoms with van der Waals surface area (Å²) >= 11 is 1.47. The minimum Gasteiger partial charge on any atom is -0.324 e. The average Bonchev–Trinajstić information content (AvgIpc) is 2.87. The Kier molecular flexibility index (Phi) is 5.07. The summed E-state index contributed by atoms with van der Waals surface area (Å²) in [5.74, 6) is -1.88. The van der Waals surface area contributed by atoms with Crippen molar-refractivity contribution in [1.82, 2.24) is 0 Å². The highest BCUT2D eigenvalue weighted by Crippen LogP contribution is 2.47. The van der Waals surface area contributed by atoms with E-state index in [4.69, 9.17) is 4.52 Å². The van der Waals surface area contributed by atoms with E-state index in [9.17, 15) is 18.2 Å². The lowest BCUT2D eigenvalue weighted by molar-refractivity contribution is 0.181. The quantitative estimate of drug-likeness (QED) is 0.584. The van der Waals surface area contributed by atoms with E-state index in [1.54, 1.807) is 0 Å². The highest BCUT2D eigenvalue weighted by Gasteiger charge is 2.26. The molecule has 0 radical (unpaired) electrons. The first-order valence-electron chi connectivity index (χ1n) is 7.65. The van der Waals surface area contributed by atoms with Crippen LogP contribution in [-0.2, 0) is 15.5 Å². The molecule has 2 unspecified atom stereocenters. The largest absolute Gasteiger partial charge is 0.325 e. The molecule has 0 aliphatic heterocycles. The van der Waals surface area contributed by atoms with Gasteiger partial charge in [-0.2, -0.15) is 0 Å². The number of fused-ring (bicyclic) bond motifs is 1. The van der Waals surface area contributed by atoms with Crippen LogP contribution in [0.2, 0.25) is 0 Å². The lowest BCUT2D eigenvalue weighted by Crippen LogP contribution is -2.07. The van der Waals surface area contributed by atoms with E-state index in [-0.39, 0.29) is 6.42 Å². The first-order chi connectivity index (χ1) is 11.7. The van der Waals surface area contributed by atoms with E-state index < -0.39 is 25.3 Å². The maximum Gasteiger partial charge on any atom is 0.325 e. The van der Waals surface area contributed by atoms with Crippen molar-refractivity contribution in [2.24, 2.45) is 0 Å². The summed E-state index contributed by atoms with van der Waals surface area (Å²) in [5, 5.41) is 1.05. The fourth-order valence-corrected chi connectivity index (χ4v) is 4.76. The van der Waals surface area contributed by atoms with Crippen LogP contribution < -0.4 is 0 Å². The summed E-state index contributed by atoms with van der Waals surface area (Å²) in [6.07, 6.45) is -0.549. The van der Waals surface area contributed by atoms with Gasteiger partial charge >= 0.3 is 7.60 Å². The fraction of sp³-hybridized carbons (Fsp3) is 0.222. The molecule has 2 atom stereocenters. The maximum absolute atomic E-state index is 13.5. The third kappa shape index (κ3) is 4.15. The van der Waals surface area contributed by atoms with Crippen LogP contribution in [0.3, 0.4) is 0 Å². The molecule has 0 amide bonds. The fourth-order valence-electron chi connectivity index (χ4n) is 2.79. The molecular formula is C18H17F2O3PS. The molecule has 1 N–H and O–H groups in total. The van der Waals surface area contributed by atoms with Crippen molar-refractivity contribution in [2.75, 3.05) is 6.66 Å². The predicted octanol–water partition coefficient (Wildman–Crippen LogP) is 5.60. The first kappa shape index (κ1) is 18.2. The van der Waals surface area contributed by atoms with Gasteiger partial charge in [0.25, 0.3) is 0 Å². The zero-order valence-corrected chi connectivity index (χ0v) is 15.4. The van der Waals surface area contributed by atoms with E-state index in [2.05, 4.69) is 0 Å². The molecule has 25 heavy (non-hydrogen) atoms. The van der Waals surface area contributed by atoms with Crippen LogP contribution in [0.4, 0.5) is 8.78 Å². The Balaban J connectivity index is 2.02. The molecule has 0 fully saturated rings. The Bertz CT molecular complexity index is 964. The van der Waals surface area contributed by atoms with Crippen molar-refractivity contribution in [3.05, 3.63) is 70.1 Å². The topological polar surface area (TPSA) is 46.5 Å². The molecule has 0 aliphatic rings. The normalized spacial score (nSPS) is 15.2. The van der Waals surface area contributed by atoms with Gasteiger partial charge in [-0.3, -0.25) is 9.09 Å². The molecule has 7 heteroatoms. The van der Waals surface area contributed by atoms with Crippen LogP contribution in [0.15, 0.2) is 42.5 Å². The van der Waals surface area contributed by atoms with E-state index in [1.165, 1.54) is 17.4 Å². The second-order valence-corrected chi connectivity index (χ2v) is 8.84. The van der Waals surface area contributed by atoms with Gasteiger partial charge in [-0.15, -0.1) is 11.3 Å². The van der Waals surface area contributed by atoms with Gasteiger partial charge in [-0.1, -0.05) is 24.3 Å². The molecule has 132 valence electrons. The molecule has 1 aromatic heterocycles. The third-order valence-corrected chi connectivity index (χ3v) is 5.91. The third-order valence-electron chi connectivity index (χ3n) is 3.90. The molecule has 0 saturated heterocycles. The highest BCUT2D eigenvalue weighted by molar-refractivity contribution is 7.51. The summed E-state index contributed by atoms with van der Waals surface area (Å²) in [6, 6.07) is 11.4. The minimum absolute atomic E-state index is 0.170. The molecule has 3 rings (SSSR count). The van der Waals surface area contributed by atoms with Gasteiger partial charge in [-0.05, 0) is 41.6 Å². The molecule has 0 saturated carbocycles. The summed E-state index contributed by atoms with van der Waals surface area (Å²) in [4.78, 5) is 10.5. The molecule has 0 aliphatic carbocycles. The van der Waals surface area contributed by atoms with Gasteiger partial charge in [-0.25, -0.2) is 8.78 Å². The van der Waals surface area contributed by atoms with Crippen molar-refractivity contribution >= 4 is 29.0 Å². The second kappa shape index (κ2) is 6.96. The Hall–Kier alpha value is -1.59.